The lowest BCUT2D eigenvalue weighted by Gasteiger charge is -2.63. The van der Waals surface area contributed by atoms with Gasteiger partial charge >= 0.3 is 11.9 Å². The zero-order valence-electron chi connectivity index (χ0n) is 41.7. The summed E-state index contributed by atoms with van der Waals surface area (Å²) in [6.07, 6.45) is 6.26. The van der Waals surface area contributed by atoms with Crippen molar-refractivity contribution in [2.45, 2.75) is 156 Å². The van der Waals surface area contributed by atoms with E-state index in [9.17, 15) is 39.0 Å². The van der Waals surface area contributed by atoms with Gasteiger partial charge < -0.3 is 19.7 Å². The first-order valence-corrected chi connectivity index (χ1v) is 25.2. The smallest absolute Gasteiger partial charge is 0.311 e. The van der Waals surface area contributed by atoms with E-state index < -0.39 is 90.6 Å². The zero-order valence-corrected chi connectivity index (χ0v) is 43.2. The van der Waals surface area contributed by atoms with Crippen LogP contribution < -0.4 is 0 Å². The first-order chi connectivity index (χ1) is 31.1. The molecule has 2 N–H and O–H groups in total. The Balaban J connectivity index is 0.000000201. The molecule has 0 aliphatic heterocycles. The summed E-state index contributed by atoms with van der Waals surface area (Å²) in [4.78, 5) is 72.8. The fourth-order valence-electron chi connectivity index (χ4n) is 15.4. The SMILES string of the molecule is C[C@@H]1C[C@H]2[C@@H]3C[C@H](F)C4=CC(=O)C=C[C@]4(C)[C@@]3(Cl)[C@@H](O)C[C@]2(C)[C@H]1C(=O)COC(=O)C(C)(C)C.C[C@@H]1C[C@H]2[C@@H]3C[C@H](F)C4=CC(=O)C=C[C@]4(C)[C@@]3(Cl)[C@@H](O)C[C@]2(C)[C@H]1C(=O)COC(=O)C(C)(C)C. The van der Waals surface area contributed by atoms with Crippen LogP contribution >= 0.6 is 23.2 Å². The molecule has 0 amide bonds. The minimum absolute atomic E-state index is 0.0201. The molecule has 6 saturated carbocycles. The van der Waals surface area contributed by atoms with Crippen LogP contribution in [0.5, 0.6) is 0 Å². The van der Waals surface area contributed by atoms with Gasteiger partial charge in [-0.1, -0.05) is 53.7 Å². The molecule has 6 fully saturated rings. The molecule has 14 heteroatoms. The Labute approximate surface area is 410 Å². The summed E-state index contributed by atoms with van der Waals surface area (Å²) in [7, 11) is 0. The average molecular weight is 990 g/mol. The molecule has 0 saturated heterocycles. The van der Waals surface area contributed by atoms with Crippen molar-refractivity contribution in [3.05, 3.63) is 47.6 Å². The molecule has 8 aliphatic carbocycles. The van der Waals surface area contributed by atoms with E-state index in [-0.39, 0.29) is 97.5 Å². The summed E-state index contributed by atoms with van der Waals surface area (Å²) in [6, 6.07) is 0. The summed E-state index contributed by atoms with van der Waals surface area (Å²) < 4.78 is 41.8. The predicted octanol–water partition coefficient (Wildman–Crippen LogP) is 9.19. The van der Waals surface area contributed by atoms with E-state index in [1.54, 1.807) is 53.7 Å². The van der Waals surface area contributed by atoms with E-state index in [0.29, 0.717) is 24.0 Å². The first-order valence-electron chi connectivity index (χ1n) is 24.5. The van der Waals surface area contributed by atoms with Gasteiger partial charge in [-0.3, -0.25) is 28.8 Å². The number of carbonyl (C=O) groups excluding carboxylic acids is 6. The molecular formula is C54H72Cl2F2O10. The lowest BCUT2D eigenvalue weighted by atomic mass is 9.46. The molecule has 0 spiro atoms. The molecule has 10 nitrogen and oxygen atoms in total. The van der Waals surface area contributed by atoms with Gasteiger partial charge in [0.2, 0.25) is 0 Å². The number of alkyl halides is 4. The van der Waals surface area contributed by atoms with Crippen molar-refractivity contribution in [3.8, 4) is 0 Å². The standard InChI is InChI=1S/2C27H36ClFO5/c2*1-14-9-16-17-11-19(29)18-10-15(30)7-8-26(18,6)27(17,28)21(32)12-25(16,5)22(14)20(31)13-34-23(33)24(2,3)4/h2*7-8,10,14,16-17,19,21-22,32H,9,11-13H2,1-6H3/t2*14-,16+,17+,19+,21+,22-,25+,26+,27+/m11/s1. The highest BCUT2D eigenvalue weighted by Crippen LogP contribution is 2.72. The maximum absolute atomic E-state index is 15.5. The van der Waals surface area contributed by atoms with Crippen LogP contribution in [0.4, 0.5) is 8.78 Å². The van der Waals surface area contributed by atoms with Crippen molar-refractivity contribution in [2.75, 3.05) is 13.2 Å². The Kier molecular flexibility index (Phi) is 13.4. The van der Waals surface area contributed by atoms with Crippen LogP contribution in [0.2, 0.25) is 0 Å². The largest absolute Gasteiger partial charge is 0.457 e. The molecular weight excluding hydrogens is 917 g/mol. The Morgan fingerprint density at radius 2 is 0.941 bits per heavy atom. The van der Waals surface area contributed by atoms with Gasteiger partial charge in [-0.2, -0.15) is 0 Å². The van der Waals surface area contributed by atoms with Crippen LogP contribution in [0.25, 0.3) is 0 Å². The fraction of sp³-hybridized carbons (Fsp3) is 0.741. The third-order valence-electron chi connectivity index (χ3n) is 18.5. The van der Waals surface area contributed by atoms with Gasteiger partial charge in [0.05, 0.1) is 32.8 Å². The van der Waals surface area contributed by atoms with E-state index in [2.05, 4.69) is 0 Å². The summed E-state index contributed by atoms with van der Waals surface area (Å²) in [5, 5.41) is 23.1. The number of Topliss-reactive ketones (excluding diaryl/α,β-unsaturated/α-hetero) is 2. The van der Waals surface area contributed by atoms with Crippen LogP contribution in [0.15, 0.2) is 47.6 Å². The molecule has 0 aromatic rings. The van der Waals surface area contributed by atoms with Crippen molar-refractivity contribution in [3.63, 3.8) is 0 Å². The zero-order chi connectivity index (χ0) is 50.9. The second kappa shape index (κ2) is 17.3. The van der Waals surface area contributed by atoms with Gasteiger partial charge in [0, 0.05) is 22.7 Å². The Morgan fingerprint density at radius 3 is 1.25 bits per heavy atom. The van der Waals surface area contributed by atoms with Crippen molar-refractivity contribution >= 4 is 58.3 Å². The number of aliphatic hydroxyl groups excluding tert-OH is 2. The highest BCUT2D eigenvalue weighted by atomic mass is 35.5. The van der Waals surface area contributed by atoms with E-state index >= 15 is 8.78 Å². The number of allylic oxidation sites excluding steroid dienone is 8. The molecule has 18 atom stereocenters. The van der Waals surface area contributed by atoms with Crippen LogP contribution in [0.1, 0.15) is 122 Å². The Morgan fingerprint density at radius 1 is 0.618 bits per heavy atom. The number of rotatable bonds is 6. The Bertz CT molecular complexity index is 2120. The highest BCUT2D eigenvalue weighted by molar-refractivity contribution is 6.26. The minimum Gasteiger partial charge on any atom is -0.457 e. The normalized spacial score (nSPS) is 45.7. The van der Waals surface area contributed by atoms with Crippen molar-refractivity contribution in [1.82, 2.24) is 0 Å². The minimum atomic E-state index is -1.34. The molecule has 0 radical (unpaired) electrons. The third kappa shape index (κ3) is 7.89. The summed E-state index contributed by atoms with van der Waals surface area (Å²) in [6.45, 7) is 21.4. The second-order valence-electron chi connectivity index (χ2n) is 24.9. The molecule has 0 heterocycles. The summed E-state index contributed by atoms with van der Waals surface area (Å²) in [5.74, 6) is -3.55. The molecule has 8 aliphatic rings. The van der Waals surface area contributed by atoms with Gasteiger partial charge in [-0.25, -0.2) is 8.78 Å². The summed E-state index contributed by atoms with van der Waals surface area (Å²) >= 11 is 14.7. The van der Waals surface area contributed by atoms with Gasteiger partial charge in [0.25, 0.3) is 0 Å². The number of hydrogen-bond acceptors (Lipinski definition) is 10. The first kappa shape index (κ1) is 52.8. The van der Waals surface area contributed by atoms with Crippen LogP contribution in [-0.4, -0.2) is 92.8 Å². The van der Waals surface area contributed by atoms with Crippen LogP contribution in [-0.2, 0) is 38.2 Å². The monoisotopic (exact) mass is 988 g/mol. The average Bonchev–Trinajstić information content (AvgIpc) is 3.65. The van der Waals surface area contributed by atoms with Gasteiger partial charge in [-0.15, -0.1) is 23.2 Å². The molecule has 8 rings (SSSR count). The van der Waals surface area contributed by atoms with Crippen LogP contribution in [0.3, 0.4) is 0 Å². The maximum Gasteiger partial charge on any atom is 0.311 e. The molecule has 0 aromatic heterocycles. The number of esters is 2. The van der Waals surface area contributed by atoms with Gasteiger partial charge in [0.1, 0.15) is 25.6 Å². The molecule has 376 valence electrons. The number of hydrogen-bond donors (Lipinski definition) is 2. The number of halogens is 4. The van der Waals surface area contributed by atoms with E-state index in [0.717, 1.165) is 0 Å². The summed E-state index contributed by atoms with van der Waals surface area (Å²) in [5.41, 5.74) is -3.94. The lowest BCUT2D eigenvalue weighted by molar-refractivity contribution is -0.159. The maximum atomic E-state index is 15.5. The fourth-order valence-corrected chi connectivity index (χ4v) is 16.4. The molecule has 68 heavy (non-hydrogen) atoms. The number of ketones is 4. The topological polar surface area (TPSA) is 161 Å². The van der Waals surface area contributed by atoms with E-state index in [1.807, 2.05) is 41.5 Å². The molecule has 0 bridgehead atoms. The van der Waals surface area contributed by atoms with E-state index in [1.165, 1.54) is 24.3 Å². The molecule has 0 aromatic carbocycles. The van der Waals surface area contributed by atoms with Gasteiger partial charge in [-0.05, 0) is 162 Å². The van der Waals surface area contributed by atoms with Crippen molar-refractivity contribution in [2.24, 2.45) is 79.8 Å². The highest BCUT2D eigenvalue weighted by Gasteiger charge is 2.73. The Hall–Kier alpha value is -3.06. The number of carbonyl (C=O) groups is 6. The van der Waals surface area contributed by atoms with Crippen molar-refractivity contribution < 1.29 is 57.2 Å². The lowest BCUT2D eigenvalue weighted by Crippen LogP contribution is -2.67. The van der Waals surface area contributed by atoms with E-state index in [4.69, 9.17) is 32.7 Å². The quantitative estimate of drug-likeness (QED) is 0.194. The second-order valence-corrected chi connectivity index (χ2v) is 26.1. The predicted molar refractivity (Wildman–Crippen MR) is 254 cm³/mol. The number of ether oxygens (including phenoxy) is 2. The third-order valence-corrected chi connectivity index (χ3v) is 20.4. The number of aliphatic hydroxyl groups is 2. The molecule has 0 unspecified atom stereocenters. The number of fused-ring (bicyclic) bond motifs is 10. The van der Waals surface area contributed by atoms with Gasteiger partial charge in [0.15, 0.2) is 23.1 Å². The van der Waals surface area contributed by atoms with Crippen LogP contribution in [0, 0.1) is 79.8 Å². The van der Waals surface area contributed by atoms with Crippen molar-refractivity contribution in [1.29, 1.82) is 0 Å².